The molecule has 4 rings (SSSR count). The Morgan fingerprint density at radius 2 is 1.42 bits per heavy atom. The average molecular weight is 470 g/mol. The summed E-state index contributed by atoms with van der Waals surface area (Å²) < 4.78 is 8.21. The summed E-state index contributed by atoms with van der Waals surface area (Å²) in [6, 6.07) is 23.1. The van der Waals surface area contributed by atoms with Crippen molar-refractivity contribution < 1.29 is 9.53 Å². The van der Waals surface area contributed by atoms with E-state index in [1.165, 1.54) is 0 Å². The van der Waals surface area contributed by atoms with Crippen molar-refractivity contribution in [1.29, 1.82) is 0 Å². The van der Waals surface area contributed by atoms with Gasteiger partial charge in [0.1, 0.15) is 5.75 Å². The normalized spacial score (nSPS) is 17.7. The van der Waals surface area contributed by atoms with Gasteiger partial charge in [-0.15, -0.1) is 0 Å². The molecule has 1 aliphatic rings. The second kappa shape index (κ2) is 7.22. The highest BCUT2D eigenvalue weighted by Crippen LogP contribution is 2.39. The summed E-state index contributed by atoms with van der Waals surface area (Å²) in [5, 5.41) is 0. The highest BCUT2D eigenvalue weighted by molar-refractivity contribution is 9.10. The second-order valence-corrected chi connectivity index (χ2v) is 7.86. The first-order valence-electron chi connectivity index (χ1n) is 8.15. The van der Waals surface area contributed by atoms with Crippen molar-refractivity contribution >= 4 is 43.7 Å². The summed E-state index contributed by atoms with van der Waals surface area (Å²) in [7, 11) is 0. The molecular weight excluding hydrogens is 456 g/mol. The molecule has 3 aromatic rings. The molecule has 0 aliphatic carbocycles. The lowest BCUT2D eigenvalue weighted by Gasteiger charge is -2.28. The molecule has 4 heteroatoms. The number of ether oxygens (including phenoxy) is 1. The van der Waals surface area contributed by atoms with Gasteiger partial charge < -0.3 is 4.74 Å². The van der Waals surface area contributed by atoms with Crippen molar-refractivity contribution in [3.63, 3.8) is 0 Å². The van der Waals surface area contributed by atoms with Crippen LogP contribution in [0.4, 0.5) is 0 Å². The molecule has 3 aromatic carbocycles. The summed E-state index contributed by atoms with van der Waals surface area (Å²) in [6.45, 7) is 0. The quantitative estimate of drug-likeness (QED) is 0.394. The number of benzene rings is 3. The first-order valence-corrected chi connectivity index (χ1v) is 9.73. The van der Waals surface area contributed by atoms with Gasteiger partial charge in [-0.25, -0.2) is 0 Å². The Labute approximate surface area is 168 Å². The molecular formula is C22H14Br2O2. The number of Topliss-reactive ketones (excluding diaryl/α,β-unsaturated/α-hetero) is 1. The SMILES string of the molecule is O=C1/C(=C\c2ccc(Br)cc2)[C@@H](c2ccc(Br)cc2)Oc2ccccc21. The van der Waals surface area contributed by atoms with Gasteiger partial charge in [0.25, 0.3) is 0 Å². The fraction of sp³-hybridized carbons (Fsp3) is 0.0455. The van der Waals surface area contributed by atoms with Crippen molar-refractivity contribution in [3.05, 3.63) is 104 Å². The van der Waals surface area contributed by atoms with Crippen LogP contribution < -0.4 is 4.74 Å². The van der Waals surface area contributed by atoms with E-state index >= 15 is 0 Å². The largest absolute Gasteiger partial charge is 0.480 e. The zero-order valence-electron chi connectivity index (χ0n) is 13.7. The van der Waals surface area contributed by atoms with E-state index in [0.29, 0.717) is 16.9 Å². The zero-order valence-corrected chi connectivity index (χ0v) is 16.8. The van der Waals surface area contributed by atoms with Crippen LogP contribution in [-0.2, 0) is 0 Å². The van der Waals surface area contributed by atoms with Crippen molar-refractivity contribution in [2.75, 3.05) is 0 Å². The number of halogens is 2. The van der Waals surface area contributed by atoms with Gasteiger partial charge in [-0.3, -0.25) is 4.79 Å². The summed E-state index contributed by atoms with van der Waals surface area (Å²) >= 11 is 6.90. The van der Waals surface area contributed by atoms with Crippen LogP contribution in [0.2, 0.25) is 0 Å². The average Bonchev–Trinajstić information content (AvgIpc) is 2.66. The maximum Gasteiger partial charge on any atom is 0.196 e. The van der Waals surface area contributed by atoms with Crippen LogP contribution in [0, 0.1) is 0 Å². The maximum atomic E-state index is 13.2. The lowest BCUT2D eigenvalue weighted by molar-refractivity contribution is 0.0963. The summed E-state index contributed by atoms with van der Waals surface area (Å²) in [5.41, 5.74) is 3.14. The van der Waals surface area contributed by atoms with Crippen molar-refractivity contribution in [1.82, 2.24) is 0 Å². The van der Waals surface area contributed by atoms with Crippen LogP contribution in [0.15, 0.2) is 87.3 Å². The Bertz CT molecular complexity index is 989. The van der Waals surface area contributed by atoms with Crippen molar-refractivity contribution in [2.45, 2.75) is 6.10 Å². The maximum absolute atomic E-state index is 13.2. The minimum absolute atomic E-state index is 0.00249. The smallest absolute Gasteiger partial charge is 0.196 e. The number of hydrogen-bond donors (Lipinski definition) is 0. The molecule has 0 amide bonds. The molecule has 0 aromatic heterocycles. The van der Waals surface area contributed by atoms with Gasteiger partial charge in [-0.2, -0.15) is 0 Å². The lowest BCUT2D eigenvalue weighted by Crippen LogP contribution is -2.23. The Kier molecular flexibility index (Phi) is 4.79. The predicted molar refractivity (Wildman–Crippen MR) is 110 cm³/mol. The monoisotopic (exact) mass is 468 g/mol. The predicted octanol–water partition coefficient (Wildman–Crippen LogP) is 6.61. The Hall–Kier alpha value is -2.17. The first-order chi connectivity index (χ1) is 12.6. The van der Waals surface area contributed by atoms with Crippen LogP contribution in [0.1, 0.15) is 27.6 Å². The van der Waals surface area contributed by atoms with Gasteiger partial charge in [0, 0.05) is 14.5 Å². The molecule has 0 unspecified atom stereocenters. The summed E-state index contributed by atoms with van der Waals surface area (Å²) in [4.78, 5) is 13.2. The molecule has 1 aliphatic heterocycles. The third kappa shape index (κ3) is 3.39. The van der Waals surface area contributed by atoms with E-state index in [0.717, 1.165) is 20.1 Å². The molecule has 2 nitrogen and oxygen atoms in total. The number of para-hydroxylation sites is 1. The minimum atomic E-state index is -0.436. The van der Waals surface area contributed by atoms with Crippen LogP contribution in [0.5, 0.6) is 5.75 Å². The molecule has 0 fully saturated rings. The van der Waals surface area contributed by atoms with E-state index in [-0.39, 0.29) is 5.78 Å². The minimum Gasteiger partial charge on any atom is -0.480 e. The fourth-order valence-corrected chi connectivity index (χ4v) is 3.52. The van der Waals surface area contributed by atoms with Crippen molar-refractivity contribution in [3.8, 4) is 5.75 Å². The molecule has 0 saturated carbocycles. The molecule has 0 bridgehead atoms. The molecule has 0 radical (unpaired) electrons. The molecule has 1 atom stereocenters. The highest BCUT2D eigenvalue weighted by Gasteiger charge is 2.32. The molecule has 0 spiro atoms. The summed E-state index contributed by atoms with van der Waals surface area (Å²) in [6.07, 6.45) is 1.48. The van der Waals surface area contributed by atoms with Gasteiger partial charge in [-0.05, 0) is 53.6 Å². The third-order valence-electron chi connectivity index (χ3n) is 4.29. The third-order valence-corrected chi connectivity index (χ3v) is 5.34. The number of ketones is 1. The number of hydrogen-bond acceptors (Lipinski definition) is 2. The van der Waals surface area contributed by atoms with Gasteiger partial charge in [0.2, 0.25) is 0 Å². The second-order valence-electron chi connectivity index (χ2n) is 6.03. The first kappa shape index (κ1) is 17.3. The number of fused-ring (bicyclic) bond motifs is 1. The van der Waals surface area contributed by atoms with Gasteiger partial charge in [0.05, 0.1) is 5.56 Å². The van der Waals surface area contributed by atoms with Crippen LogP contribution in [0.25, 0.3) is 6.08 Å². The molecule has 0 N–H and O–H groups in total. The van der Waals surface area contributed by atoms with E-state index in [1.807, 2.05) is 78.9 Å². The Balaban J connectivity index is 1.84. The van der Waals surface area contributed by atoms with E-state index in [9.17, 15) is 4.79 Å². The number of carbonyl (C=O) groups is 1. The molecule has 1 heterocycles. The lowest BCUT2D eigenvalue weighted by atomic mass is 9.89. The topological polar surface area (TPSA) is 26.3 Å². The fourth-order valence-electron chi connectivity index (χ4n) is 2.99. The molecule has 128 valence electrons. The van der Waals surface area contributed by atoms with E-state index < -0.39 is 6.10 Å². The van der Waals surface area contributed by atoms with Gasteiger partial charge in [0.15, 0.2) is 11.9 Å². The van der Waals surface area contributed by atoms with Crippen LogP contribution >= 0.6 is 31.9 Å². The van der Waals surface area contributed by atoms with E-state index in [4.69, 9.17) is 4.74 Å². The number of carbonyl (C=O) groups excluding carboxylic acids is 1. The van der Waals surface area contributed by atoms with Crippen LogP contribution in [-0.4, -0.2) is 5.78 Å². The van der Waals surface area contributed by atoms with Gasteiger partial charge in [-0.1, -0.05) is 68.3 Å². The molecule has 26 heavy (non-hydrogen) atoms. The standard InChI is InChI=1S/C22H14Br2O2/c23-16-9-5-14(6-10-16)13-19-21(25)18-3-1-2-4-20(18)26-22(19)15-7-11-17(24)12-8-15/h1-13,22H/b19-13+/t22-/m1/s1. The number of rotatable bonds is 2. The van der Waals surface area contributed by atoms with E-state index in [2.05, 4.69) is 31.9 Å². The highest BCUT2D eigenvalue weighted by atomic mass is 79.9. The van der Waals surface area contributed by atoms with Crippen LogP contribution in [0.3, 0.4) is 0 Å². The summed E-state index contributed by atoms with van der Waals surface area (Å²) in [5.74, 6) is 0.626. The van der Waals surface area contributed by atoms with Gasteiger partial charge >= 0.3 is 0 Å². The Morgan fingerprint density at radius 1 is 0.808 bits per heavy atom. The zero-order chi connectivity index (χ0) is 18.1. The van der Waals surface area contributed by atoms with Crippen molar-refractivity contribution in [2.24, 2.45) is 0 Å². The van der Waals surface area contributed by atoms with E-state index in [1.54, 1.807) is 0 Å². The molecule has 0 saturated heterocycles. The Morgan fingerprint density at radius 3 is 2.12 bits per heavy atom.